The molecule has 0 N–H and O–H groups in total. The van der Waals surface area contributed by atoms with E-state index < -0.39 is 0 Å². The number of aromatic nitrogens is 4. The van der Waals surface area contributed by atoms with Gasteiger partial charge in [-0.25, -0.2) is 9.67 Å². The first kappa shape index (κ1) is 19.1. The van der Waals surface area contributed by atoms with Crippen LogP contribution in [-0.4, -0.2) is 39.3 Å². The Labute approximate surface area is 174 Å². The number of para-hydroxylation sites is 1. The van der Waals surface area contributed by atoms with E-state index in [4.69, 9.17) is 9.26 Å². The van der Waals surface area contributed by atoms with Gasteiger partial charge in [-0.05, 0) is 48.6 Å². The average molecular weight is 407 g/mol. The van der Waals surface area contributed by atoms with E-state index in [0.717, 1.165) is 41.4 Å². The highest BCUT2D eigenvalue weighted by atomic mass is 32.1. The maximum Gasteiger partial charge on any atom is 0.203 e. The number of hydrogen-bond acceptors (Lipinski definition) is 7. The molecule has 0 saturated carbocycles. The van der Waals surface area contributed by atoms with E-state index in [0.29, 0.717) is 11.6 Å². The second kappa shape index (κ2) is 8.83. The van der Waals surface area contributed by atoms with Crippen LogP contribution in [0.3, 0.4) is 0 Å². The standard InChI is InChI=1S/C21H21N5O2S/c1-27-18-10-8-16(9-11-18)20-19(26-15-22-14-23-26)21(24-28-20)25(12-5-13-29)17-6-3-2-4-7-17/h2-4,6-11,14-15,29H,5,12-13H2,1H3. The van der Waals surface area contributed by atoms with Crippen molar-refractivity contribution in [3.63, 3.8) is 0 Å². The van der Waals surface area contributed by atoms with Gasteiger partial charge in [-0.2, -0.15) is 17.7 Å². The fraction of sp³-hybridized carbons (Fsp3) is 0.190. The largest absolute Gasteiger partial charge is 0.497 e. The van der Waals surface area contributed by atoms with Crippen molar-refractivity contribution in [2.75, 3.05) is 24.3 Å². The fourth-order valence-electron chi connectivity index (χ4n) is 3.11. The van der Waals surface area contributed by atoms with Gasteiger partial charge in [-0.15, -0.1) is 0 Å². The lowest BCUT2D eigenvalue weighted by atomic mass is 10.1. The predicted octanol–water partition coefficient (Wildman–Crippen LogP) is 4.39. The van der Waals surface area contributed by atoms with Crippen LogP contribution < -0.4 is 9.64 Å². The van der Waals surface area contributed by atoms with Crippen LogP contribution in [0.5, 0.6) is 5.75 Å². The summed E-state index contributed by atoms with van der Waals surface area (Å²) in [5.74, 6) is 2.83. The molecular formula is C21H21N5O2S. The summed E-state index contributed by atoms with van der Waals surface area (Å²) in [6.45, 7) is 0.740. The second-order valence-electron chi connectivity index (χ2n) is 6.32. The minimum atomic E-state index is 0.611. The van der Waals surface area contributed by atoms with Crippen LogP contribution in [0.15, 0.2) is 71.8 Å². The molecule has 2 heterocycles. The third-order valence-electron chi connectivity index (χ3n) is 4.51. The zero-order chi connectivity index (χ0) is 20.1. The Bertz CT molecular complexity index is 1030. The van der Waals surface area contributed by atoms with Crippen LogP contribution in [0.4, 0.5) is 11.5 Å². The highest BCUT2D eigenvalue weighted by Gasteiger charge is 2.25. The minimum Gasteiger partial charge on any atom is -0.497 e. The van der Waals surface area contributed by atoms with Crippen molar-refractivity contribution >= 4 is 24.1 Å². The van der Waals surface area contributed by atoms with Crippen molar-refractivity contribution in [3.8, 4) is 22.8 Å². The second-order valence-corrected chi connectivity index (χ2v) is 6.76. The van der Waals surface area contributed by atoms with E-state index in [1.165, 1.54) is 6.33 Å². The summed E-state index contributed by atoms with van der Waals surface area (Å²) in [6.07, 6.45) is 4.03. The topological polar surface area (TPSA) is 69.2 Å². The van der Waals surface area contributed by atoms with Crippen molar-refractivity contribution in [2.45, 2.75) is 6.42 Å². The maximum atomic E-state index is 5.82. The van der Waals surface area contributed by atoms with Gasteiger partial charge < -0.3 is 14.2 Å². The van der Waals surface area contributed by atoms with Crippen LogP contribution in [-0.2, 0) is 0 Å². The van der Waals surface area contributed by atoms with Crippen LogP contribution in [0.1, 0.15) is 6.42 Å². The Kier molecular flexibility index (Phi) is 5.81. The lowest BCUT2D eigenvalue weighted by Gasteiger charge is -2.22. The van der Waals surface area contributed by atoms with E-state index in [1.54, 1.807) is 18.1 Å². The number of thiol groups is 1. The van der Waals surface area contributed by atoms with Gasteiger partial charge in [0, 0.05) is 17.8 Å². The van der Waals surface area contributed by atoms with E-state index in [-0.39, 0.29) is 0 Å². The normalized spacial score (nSPS) is 10.8. The summed E-state index contributed by atoms with van der Waals surface area (Å²) in [5.41, 5.74) is 2.62. The number of nitrogens with zero attached hydrogens (tertiary/aromatic N) is 5. The van der Waals surface area contributed by atoms with Gasteiger partial charge >= 0.3 is 0 Å². The molecule has 0 fully saturated rings. The molecule has 0 aliphatic heterocycles. The third kappa shape index (κ3) is 3.97. The number of benzene rings is 2. The summed E-state index contributed by atoms with van der Waals surface area (Å²) in [6, 6.07) is 17.7. The molecule has 0 unspecified atom stereocenters. The highest BCUT2D eigenvalue weighted by molar-refractivity contribution is 7.80. The van der Waals surface area contributed by atoms with Gasteiger partial charge in [-0.3, -0.25) is 0 Å². The number of methoxy groups -OCH3 is 1. The van der Waals surface area contributed by atoms with Gasteiger partial charge in [-0.1, -0.05) is 23.4 Å². The third-order valence-corrected chi connectivity index (χ3v) is 4.83. The van der Waals surface area contributed by atoms with E-state index in [2.05, 4.69) is 32.8 Å². The molecule has 4 rings (SSSR count). The van der Waals surface area contributed by atoms with Gasteiger partial charge in [0.2, 0.25) is 5.82 Å². The Morgan fingerprint density at radius 3 is 2.55 bits per heavy atom. The van der Waals surface area contributed by atoms with Gasteiger partial charge in [0.05, 0.1) is 7.11 Å². The molecule has 2 aromatic heterocycles. The molecule has 0 aliphatic carbocycles. The van der Waals surface area contributed by atoms with Crippen molar-refractivity contribution < 1.29 is 9.26 Å². The minimum absolute atomic E-state index is 0.611. The molecule has 8 heteroatoms. The number of hydrogen-bond donors (Lipinski definition) is 1. The Morgan fingerprint density at radius 2 is 1.90 bits per heavy atom. The first-order chi connectivity index (χ1) is 14.3. The number of ether oxygens (including phenoxy) is 1. The quantitative estimate of drug-likeness (QED) is 0.437. The lowest BCUT2D eigenvalue weighted by molar-refractivity contribution is 0.414. The SMILES string of the molecule is COc1ccc(-c2onc(N(CCCS)c3ccccc3)c2-n2cncn2)cc1. The van der Waals surface area contributed by atoms with E-state index >= 15 is 0 Å². The van der Waals surface area contributed by atoms with E-state index in [1.807, 2.05) is 54.6 Å². The summed E-state index contributed by atoms with van der Waals surface area (Å²) in [4.78, 5) is 6.22. The molecule has 0 spiro atoms. The highest BCUT2D eigenvalue weighted by Crippen LogP contribution is 2.37. The van der Waals surface area contributed by atoms with Gasteiger partial charge in [0.15, 0.2) is 11.4 Å². The van der Waals surface area contributed by atoms with Crippen molar-refractivity contribution in [2.24, 2.45) is 0 Å². The molecule has 4 aromatic rings. The summed E-state index contributed by atoms with van der Waals surface area (Å²) in [5, 5.41) is 8.76. The molecule has 2 aromatic carbocycles. The van der Waals surface area contributed by atoms with Crippen molar-refractivity contribution in [1.29, 1.82) is 0 Å². The molecule has 0 bridgehead atoms. The molecular weight excluding hydrogens is 386 g/mol. The first-order valence-electron chi connectivity index (χ1n) is 9.24. The molecule has 148 valence electrons. The van der Waals surface area contributed by atoms with Crippen LogP contribution >= 0.6 is 12.6 Å². The Hall–Kier alpha value is -3.26. The average Bonchev–Trinajstić information content (AvgIpc) is 3.45. The first-order valence-corrected chi connectivity index (χ1v) is 9.87. The maximum absolute atomic E-state index is 5.82. The monoisotopic (exact) mass is 407 g/mol. The van der Waals surface area contributed by atoms with Crippen molar-refractivity contribution in [1.82, 2.24) is 19.9 Å². The zero-order valence-electron chi connectivity index (χ0n) is 16.0. The fourth-order valence-corrected chi connectivity index (χ4v) is 3.25. The van der Waals surface area contributed by atoms with Crippen LogP contribution in [0.25, 0.3) is 17.0 Å². The van der Waals surface area contributed by atoms with E-state index in [9.17, 15) is 0 Å². The molecule has 0 radical (unpaired) electrons. The zero-order valence-corrected chi connectivity index (χ0v) is 16.9. The van der Waals surface area contributed by atoms with Crippen LogP contribution in [0, 0.1) is 0 Å². The summed E-state index contributed by atoms with van der Waals surface area (Å²) < 4.78 is 12.8. The molecule has 0 atom stereocenters. The summed E-state index contributed by atoms with van der Waals surface area (Å²) in [7, 11) is 1.64. The Balaban J connectivity index is 1.85. The predicted molar refractivity (Wildman–Crippen MR) is 115 cm³/mol. The lowest BCUT2D eigenvalue weighted by Crippen LogP contribution is -2.21. The summed E-state index contributed by atoms with van der Waals surface area (Å²) >= 11 is 4.38. The Morgan fingerprint density at radius 1 is 1.10 bits per heavy atom. The van der Waals surface area contributed by atoms with Crippen molar-refractivity contribution in [3.05, 3.63) is 67.3 Å². The van der Waals surface area contributed by atoms with Gasteiger partial charge in [0.25, 0.3) is 0 Å². The molecule has 29 heavy (non-hydrogen) atoms. The smallest absolute Gasteiger partial charge is 0.203 e. The molecule has 0 aliphatic rings. The number of rotatable bonds is 8. The molecule has 0 amide bonds. The molecule has 0 saturated heterocycles. The van der Waals surface area contributed by atoms with Crippen LogP contribution in [0.2, 0.25) is 0 Å². The number of anilines is 2. The van der Waals surface area contributed by atoms with Gasteiger partial charge in [0.1, 0.15) is 18.4 Å². The molecule has 7 nitrogen and oxygen atoms in total.